The van der Waals surface area contributed by atoms with E-state index in [0.29, 0.717) is 24.4 Å². The van der Waals surface area contributed by atoms with Crippen LogP contribution in [0.1, 0.15) is 30.6 Å². The van der Waals surface area contributed by atoms with Crippen molar-refractivity contribution in [3.8, 4) is 5.75 Å². The van der Waals surface area contributed by atoms with Gasteiger partial charge in [-0.25, -0.2) is 0 Å². The lowest BCUT2D eigenvalue weighted by Crippen LogP contribution is -2.28. The minimum absolute atomic E-state index is 0.0659. The van der Waals surface area contributed by atoms with E-state index in [1.54, 1.807) is 29.2 Å². The highest BCUT2D eigenvalue weighted by Gasteiger charge is 2.35. The van der Waals surface area contributed by atoms with Crippen molar-refractivity contribution >= 4 is 29.0 Å². The first kappa shape index (κ1) is 18.6. The van der Waals surface area contributed by atoms with Crippen LogP contribution in [0.5, 0.6) is 5.75 Å². The Kier molecular flexibility index (Phi) is 5.54. The summed E-state index contributed by atoms with van der Waals surface area (Å²) in [6, 6.07) is 14.0. The summed E-state index contributed by atoms with van der Waals surface area (Å²) in [4.78, 5) is 38.0. The van der Waals surface area contributed by atoms with Gasteiger partial charge in [0.2, 0.25) is 11.8 Å². The molecule has 3 rings (SSSR count). The number of anilines is 2. The quantitative estimate of drug-likeness (QED) is 0.796. The number of amides is 2. The number of carbonyl (C=O) groups is 3. The highest BCUT2D eigenvalue weighted by atomic mass is 16.5. The largest absolute Gasteiger partial charge is 0.494 e. The smallest absolute Gasteiger partial charge is 0.229 e. The Morgan fingerprint density at radius 3 is 2.59 bits per heavy atom. The van der Waals surface area contributed by atoms with Crippen LogP contribution in [0.3, 0.4) is 0 Å². The molecular weight excluding hydrogens is 344 g/mol. The van der Waals surface area contributed by atoms with Gasteiger partial charge in [-0.2, -0.15) is 0 Å². The van der Waals surface area contributed by atoms with E-state index in [1.807, 2.05) is 31.2 Å². The van der Waals surface area contributed by atoms with Crippen molar-refractivity contribution in [2.45, 2.75) is 20.3 Å². The molecule has 2 amide bonds. The summed E-state index contributed by atoms with van der Waals surface area (Å²) < 4.78 is 5.41. The Balaban J connectivity index is 1.66. The van der Waals surface area contributed by atoms with E-state index >= 15 is 0 Å². The van der Waals surface area contributed by atoms with Gasteiger partial charge in [-0.15, -0.1) is 0 Å². The Labute approximate surface area is 158 Å². The minimum atomic E-state index is -0.440. The van der Waals surface area contributed by atoms with Crippen LogP contribution >= 0.6 is 0 Å². The van der Waals surface area contributed by atoms with Gasteiger partial charge in [0.25, 0.3) is 0 Å². The fraction of sp³-hybridized carbons (Fsp3) is 0.286. The summed E-state index contributed by atoms with van der Waals surface area (Å²) in [6.07, 6.45) is 0.158. The third-order valence-corrected chi connectivity index (χ3v) is 4.49. The van der Waals surface area contributed by atoms with E-state index in [1.165, 1.54) is 6.92 Å². The molecule has 1 atom stereocenters. The molecule has 0 unspecified atom stereocenters. The van der Waals surface area contributed by atoms with Gasteiger partial charge in [0.05, 0.1) is 12.5 Å². The van der Waals surface area contributed by atoms with E-state index < -0.39 is 5.92 Å². The molecule has 0 aliphatic carbocycles. The number of benzene rings is 2. The van der Waals surface area contributed by atoms with Crippen molar-refractivity contribution in [2.75, 3.05) is 23.4 Å². The fourth-order valence-corrected chi connectivity index (χ4v) is 3.08. The molecule has 2 aromatic rings. The predicted octanol–water partition coefficient (Wildman–Crippen LogP) is 3.28. The lowest BCUT2D eigenvalue weighted by atomic mass is 10.1. The van der Waals surface area contributed by atoms with Gasteiger partial charge in [-0.1, -0.05) is 12.1 Å². The lowest BCUT2D eigenvalue weighted by Gasteiger charge is -2.17. The van der Waals surface area contributed by atoms with Crippen molar-refractivity contribution in [2.24, 2.45) is 5.92 Å². The zero-order valence-corrected chi connectivity index (χ0v) is 15.4. The number of hydrogen-bond acceptors (Lipinski definition) is 4. The first-order chi connectivity index (χ1) is 13.0. The van der Waals surface area contributed by atoms with Crippen LogP contribution in [-0.2, 0) is 9.59 Å². The van der Waals surface area contributed by atoms with Crippen molar-refractivity contribution < 1.29 is 19.1 Å². The number of nitrogens with one attached hydrogen (secondary N) is 1. The first-order valence-corrected chi connectivity index (χ1v) is 8.93. The number of carbonyl (C=O) groups excluding carboxylic acids is 3. The first-order valence-electron chi connectivity index (χ1n) is 8.93. The van der Waals surface area contributed by atoms with Gasteiger partial charge in [0.1, 0.15) is 5.75 Å². The number of Topliss-reactive ketones (excluding diaryl/α,β-unsaturated/α-hetero) is 1. The molecule has 1 fully saturated rings. The summed E-state index contributed by atoms with van der Waals surface area (Å²) in [7, 11) is 0. The molecule has 27 heavy (non-hydrogen) atoms. The maximum Gasteiger partial charge on any atom is 0.229 e. The molecule has 1 N–H and O–H groups in total. The van der Waals surface area contributed by atoms with Crippen molar-refractivity contribution in [1.29, 1.82) is 0 Å². The molecule has 6 nitrogen and oxygen atoms in total. The van der Waals surface area contributed by atoms with Gasteiger partial charge in [-0.05, 0) is 50.2 Å². The second kappa shape index (κ2) is 8.03. The molecule has 0 bridgehead atoms. The van der Waals surface area contributed by atoms with Crippen molar-refractivity contribution in [3.63, 3.8) is 0 Å². The topological polar surface area (TPSA) is 75.7 Å². The molecule has 1 aliphatic rings. The number of ketones is 1. The maximum atomic E-state index is 12.6. The predicted molar refractivity (Wildman–Crippen MR) is 103 cm³/mol. The second-order valence-electron chi connectivity index (χ2n) is 6.46. The standard InChI is InChI=1S/C21H22N2O4/c1-3-27-19-9-7-18(8-10-19)23-13-16(12-20(23)25)21(26)22-17-6-4-5-15(11-17)14(2)24/h4-11,16H,3,12-13H2,1-2H3,(H,22,26)/t16-/m1/s1. The molecule has 0 saturated carbocycles. The van der Waals surface area contributed by atoms with Gasteiger partial charge in [0.15, 0.2) is 5.78 Å². The van der Waals surface area contributed by atoms with Crippen LogP contribution in [-0.4, -0.2) is 30.7 Å². The minimum Gasteiger partial charge on any atom is -0.494 e. The summed E-state index contributed by atoms with van der Waals surface area (Å²) in [5.74, 6) is -0.0734. The highest BCUT2D eigenvalue weighted by molar-refractivity contribution is 6.04. The van der Waals surface area contributed by atoms with E-state index in [-0.39, 0.29) is 24.0 Å². The molecule has 0 aromatic heterocycles. The van der Waals surface area contributed by atoms with Crippen LogP contribution in [0.4, 0.5) is 11.4 Å². The molecule has 140 valence electrons. The van der Waals surface area contributed by atoms with E-state index in [0.717, 1.165) is 11.4 Å². The molecule has 1 heterocycles. The van der Waals surface area contributed by atoms with Crippen molar-refractivity contribution in [1.82, 2.24) is 0 Å². The van der Waals surface area contributed by atoms with Crippen molar-refractivity contribution in [3.05, 3.63) is 54.1 Å². The number of hydrogen-bond donors (Lipinski definition) is 1. The third kappa shape index (κ3) is 4.34. The average Bonchev–Trinajstić information content (AvgIpc) is 3.05. The fourth-order valence-electron chi connectivity index (χ4n) is 3.08. The average molecular weight is 366 g/mol. The molecule has 2 aromatic carbocycles. The van der Waals surface area contributed by atoms with E-state index in [2.05, 4.69) is 5.32 Å². The Bertz CT molecular complexity index is 861. The molecule has 1 aliphatic heterocycles. The number of rotatable bonds is 6. The molecule has 0 radical (unpaired) electrons. The SMILES string of the molecule is CCOc1ccc(N2C[C@H](C(=O)Nc3cccc(C(C)=O)c3)CC2=O)cc1. The summed E-state index contributed by atoms with van der Waals surface area (Å²) in [6.45, 7) is 4.29. The molecular formula is C21H22N2O4. The lowest BCUT2D eigenvalue weighted by molar-refractivity contribution is -0.122. The van der Waals surface area contributed by atoms with Crippen LogP contribution in [0, 0.1) is 5.92 Å². The maximum absolute atomic E-state index is 12.6. The second-order valence-corrected chi connectivity index (χ2v) is 6.46. The van der Waals surface area contributed by atoms with Gasteiger partial charge in [-0.3, -0.25) is 14.4 Å². The Morgan fingerprint density at radius 1 is 1.19 bits per heavy atom. The van der Waals surface area contributed by atoms with Crippen LogP contribution < -0.4 is 15.0 Å². The van der Waals surface area contributed by atoms with Gasteiger partial charge >= 0.3 is 0 Å². The zero-order valence-electron chi connectivity index (χ0n) is 15.4. The summed E-state index contributed by atoms with van der Waals surface area (Å²) in [5, 5.41) is 2.81. The molecule has 0 spiro atoms. The summed E-state index contributed by atoms with van der Waals surface area (Å²) >= 11 is 0. The highest BCUT2D eigenvalue weighted by Crippen LogP contribution is 2.27. The monoisotopic (exact) mass is 366 g/mol. The summed E-state index contributed by atoms with van der Waals surface area (Å²) in [5.41, 5.74) is 1.84. The number of nitrogens with zero attached hydrogens (tertiary/aromatic N) is 1. The van der Waals surface area contributed by atoms with E-state index in [9.17, 15) is 14.4 Å². The number of ether oxygens (including phenoxy) is 1. The van der Waals surface area contributed by atoms with Crippen LogP contribution in [0.2, 0.25) is 0 Å². The molecule has 1 saturated heterocycles. The van der Waals surface area contributed by atoms with Crippen LogP contribution in [0.15, 0.2) is 48.5 Å². The van der Waals surface area contributed by atoms with Gasteiger partial charge < -0.3 is 15.0 Å². The Hall–Kier alpha value is -3.15. The van der Waals surface area contributed by atoms with Gasteiger partial charge in [0, 0.05) is 29.9 Å². The zero-order chi connectivity index (χ0) is 19.4. The Morgan fingerprint density at radius 2 is 1.93 bits per heavy atom. The normalized spacial score (nSPS) is 16.3. The third-order valence-electron chi connectivity index (χ3n) is 4.49. The van der Waals surface area contributed by atoms with E-state index in [4.69, 9.17) is 4.74 Å². The van der Waals surface area contributed by atoms with Crippen LogP contribution in [0.25, 0.3) is 0 Å². The molecule has 6 heteroatoms.